The van der Waals surface area contributed by atoms with E-state index in [0.29, 0.717) is 24.8 Å². The molecule has 2 saturated carbocycles. The molecule has 42 heavy (non-hydrogen) atoms. The molecule has 0 radical (unpaired) electrons. The average molecular weight is 599 g/mol. The highest BCUT2D eigenvalue weighted by Crippen LogP contribution is 2.42. The van der Waals surface area contributed by atoms with Gasteiger partial charge in [-0.2, -0.15) is 8.78 Å². The van der Waals surface area contributed by atoms with Crippen LogP contribution in [-0.2, 0) is 0 Å². The van der Waals surface area contributed by atoms with Crippen molar-refractivity contribution in [2.75, 3.05) is 0 Å². The summed E-state index contributed by atoms with van der Waals surface area (Å²) in [6.07, 6.45) is 9.29. The third-order valence-corrected chi connectivity index (χ3v) is 8.43. The van der Waals surface area contributed by atoms with Gasteiger partial charge in [0.05, 0.1) is 5.92 Å². The number of alkyl halides is 5. The first-order valence-corrected chi connectivity index (χ1v) is 14.6. The Morgan fingerprint density at radius 2 is 1.40 bits per heavy atom. The molecule has 0 unspecified atom stereocenters. The van der Waals surface area contributed by atoms with E-state index >= 15 is 8.78 Å². The van der Waals surface area contributed by atoms with Crippen LogP contribution in [0.4, 0.5) is 30.7 Å². The molecule has 0 atom stereocenters. The fourth-order valence-electron chi connectivity index (χ4n) is 6.04. The van der Waals surface area contributed by atoms with Gasteiger partial charge in [-0.3, -0.25) is 0 Å². The molecule has 2 nitrogen and oxygen atoms in total. The Labute approximate surface area is 242 Å². The van der Waals surface area contributed by atoms with Gasteiger partial charge in [0.25, 0.3) is 0 Å². The second-order valence-electron chi connectivity index (χ2n) is 11.4. The van der Waals surface area contributed by atoms with Gasteiger partial charge in [-0.25, -0.2) is 8.78 Å². The molecule has 0 amide bonds. The van der Waals surface area contributed by atoms with Crippen LogP contribution in [0.2, 0.25) is 0 Å². The number of allylic oxidation sites excluding steroid dienone is 4. The molecular weight excluding hydrogens is 561 g/mol. The summed E-state index contributed by atoms with van der Waals surface area (Å²) in [4.78, 5) is 0. The maximum Gasteiger partial charge on any atom is 0.573 e. The van der Waals surface area contributed by atoms with E-state index in [1.807, 2.05) is 6.92 Å². The van der Waals surface area contributed by atoms with Crippen molar-refractivity contribution in [3.05, 3.63) is 72.3 Å². The topological polar surface area (TPSA) is 18.5 Å². The van der Waals surface area contributed by atoms with Crippen molar-refractivity contribution in [2.45, 2.75) is 83.6 Å². The lowest BCUT2D eigenvalue weighted by atomic mass is 9.78. The van der Waals surface area contributed by atoms with Crippen LogP contribution in [0, 0.1) is 35.3 Å². The van der Waals surface area contributed by atoms with Crippen LogP contribution in [0.1, 0.15) is 71.1 Å². The van der Waals surface area contributed by atoms with Gasteiger partial charge in [-0.1, -0.05) is 30.4 Å². The molecule has 2 aliphatic carbocycles. The van der Waals surface area contributed by atoms with Crippen LogP contribution in [-0.4, -0.2) is 12.5 Å². The monoisotopic (exact) mass is 598 g/mol. The van der Waals surface area contributed by atoms with Gasteiger partial charge >= 0.3 is 12.5 Å². The van der Waals surface area contributed by atoms with Crippen LogP contribution in [0.5, 0.6) is 11.5 Å². The Bertz CT molecular complexity index is 1220. The van der Waals surface area contributed by atoms with Crippen molar-refractivity contribution in [3.8, 4) is 22.6 Å². The fourth-order valence-corrected chi connectivity index (χ4v) is 6.04. The zero-order chi connectivity index (χ0) is 30.3. The first-order chi connectivity index (χ1) is 19.9. The summed E-state index contributed by atoms with van der Waals surface area (Å²) in [7, 11) is 0. The minimum absolute atomic E-state index is 0.0818. The van der Waals surface area contributed by atoms with E-state index in [2.05, 4.69) is 29.0 Å². The normalized spacial score (nSPS) is 23.9. The maximum atomic E-state index is 15.0. The van der Waals surface area contributed by atoms with Gasteiger partial charge in [0.15, 0.2) is 11.6 Å². The van der Waals surface area contributed by atoms with E-state index in [1.54, 1.807) is 0 Å². The molecule has 0 saturated heterocycles. The van der Waals surface area contributed by atoms with Crippen molar-refractivity contribution in [1.82, 2.24) is 0 Å². The van der Waals surface area contributed by atoms with Gasteiger partial charge < -0.3 is 9.47 Å². The molecule has 2 aromatic rings. The van der Waals surface area contributed by atoms with Crippen LogP contribution in [0.15, 0.2) is 60.7 Å². The minimum atomic E-state index is -5.08. The Morgan fingerprint density at radius 3 is 1.98 bits per heavy atom. The summed E-state index contributed by atoms with van der Waals surface area (Å²) in [6.45, 7) is 2.05. The zero-order valence-corrected chi connectivity index (χ0v) is 23.6. The van der Waals surface area contributed by atoms with Gasteiger partial charge in [-0.15, -0.1) is 13.2 Å². The third kappa shape index (κ3) is 9.01. The molecule has 2 fully saturated rings. The SMILES string of the molecule is C/C=C/CCC1CCC(/C=C/C2CCC(C(F)(F)Oc3ccc(-c4ccc(OC(F)(F)F)c(F)c4)c(F)c3)CC2)CC1. The summed E-state index contributed by atoms with van der Waals surface area (Å²) in [6, 6.07) is 5.47. The number of hydrogen-bond donors (Lipinski definition) is 0. The summed E-state index contributed by atoms with van der Waals surface area (Å²) >= 11 is 0. The standard InChI is InChI=1S/C33H37F7O2/c1-2-3-4-5-22-6-8-23(9-7-22)10-11-24-12-15-26(16-13-24)32(36,37)41-27-17-18-28(29(34)21-27)25-14-19-31(30(35)20-25)42-33(38,39)40/h2-3,10-11,14,17-24,26H,4-9,12-13,15-16H2,1H3/b3-2+,11-10+. The number of benzene rings is 2. The Balaban J connectivity index is 1.27. The molecule has 9 heteroatoms. The van der Waals surface area contributed by atoms with Crippen LogP contribution >= 0.6 is 0 Å². The van der Waals surface area contributed by atoms with E-state index in [1.165, 1.54) is 32.1 Å². The third-order valence-electron chi connectivity index (χ3n) is 8.43. The highest BCUT2D eigenvalue weighted by Gasteiger charge is 2.44. The largest absolute Gasteiger partial charge is 0.573 e. The van der Waals surface area contributed by atoms with E-state index in [9.17, 15) is 22.0 Å². The second-order valence-corrected chi connectivity index (χ2v) is 11.4. The summed E-state index contributed by atoms with van der Waals surface area (Å²) in [5.41, 5.74) is -0.265. The molecule has 2 aromatic carbocycles. The average Bonchev–Trinajstić information content (AvgIpc) is 2.93. The highest BCUT2D eigenvalue weighted by atomic mass is 19.4. The maximum absolute atomic E-state index is 15.0. The number of hydrogen-bond acceptors (Lipinski definition) is 2. The zero-order valence-electron chi connectivity index (χ0n) is 23.6. The van der Waals surface area contributed by atoms with Crippen molar-refractivity contribution in [2.24, 2.45) is 23.7 Å². The van der Waals surface area contributed by atoms with Crippen molar-refractivity contribution in [1.29, 1.82) is 0 Å². The summed E-state index contributed by atoms with van der Waals surface area (Å²) in [5, 5.41) is 0. The number of ether oxygens (including phenoxy) is 2. The lowest BCUT2D eigenvalue weighted by molar-refractivity contribution is -0.275. The van der Waals surface area contributed by atoms with Crippen LogP contribution in [0.3, 0.4) is 0 Å². The van der Waals surface area contributed by atoms with Gasteiger partial charge in [0.2, 0.25) is 0 Å². The number of rotatable bonds is 10. The predicted molar refractivity (Wildman–Crippen MR) is 148 cm³/mol. The van der Waals surface area contributed by atoms with Gasteiger partial charge in [0, 0.05) is 11.6 Å². The molecule has 0 heterocycles. The summed E-state index contributed by atoms with van der Waals surface area (Å²) in [5.74, 6) is -3.16. The predicted octanol–water partition coefficient (Wildman–Crippen LogP) is 11.0. The second kappa shape index (κ2) is 14.0. The first kappa shape index (κ1) is 32.0. The lowest BCUT2D eigenvalue weighted by Crippen LogP contribution is -2.37. The minimum Gasteiger partial charge on any atom is -0.432 e. The smallest absolute Gasteiger partial charge is 0.432 e. The fraction of sp³-hybridized carbons (Fsp3) is 0.515. The summed E-state index contributed by atoms with van der Waals surface area (Å²) < 4.78 is 104. The molecule has 230 valence electrons. The quantitative estimate of drug-likeness (QED) is 0.200. The van der Waals surface area contributed by atoms with E-state index < -0.39 is 35.8 Å². The molecule has 0 spiro atoms. The lowest BCUT2D eigenvalue weighted by Gasteiger charge is -2.32. The van der Waals surface area contributed by atoms with E-state index in [-0.39, 0.29) is 35.6 Å². The van der Waals surface area contributed by atoms with Crippen molar-refractivity contribution >= 4 is 0 Å². The molecule has 0 aliphatic heterocycles. The van der Waals surface area contributed by atoms with E-state index in [0.717, 1.165) is 42.7 Å². The van der Waals surface area contributed by atoms with Crippen molar-refractivity contribution in [3.63, 3.8) is 0 Å². The van der Waals surface area contributed by atoms with Crippen molar-refractivity contribution < 1.29 is 40.2 Å². The van der Waals surface area contributed by atoms with Crippen LogP contribution < -0.4 is 9.47 Å². The molecule has 0 N–H and O–H groups in total. The van der Waals surface area contributed by atoms with Gasteiger partial charge in [-0.05, 0) is 119 Å². The van der Waals surface area contributed by atoms with E-state index in [4.69, 9.17) is 4.74 Å². The number of halogens is 7. The molecule has 0 bridgehead atoms. The molecule has 2 aliphatic rings. The Morgan fingerprint density at radius 1 is 0.762 bits per heavy atom. The molecule has 0 aromatic heterocycles. The first-order valence-electron chi connectivity index (χ1n) is 14.6. The molecule has 4 rings (SSSR count). The van der Waals surface area contributed by atoms with Gasteiger partial charge in [0.1, 0.15) is 11.6 Å². The highest BCUT2D eigenvalue weighted by molar-refractivity contribution is 5.66. The Kier molecular flexibility index (Phi) is 10.7. The Hall–Kier alpha value is -2.97. The van der Waals surface area contributed by atoms with Crippen LogP contribution in [0.25, 0.3) is 11.1 Å². The molecular formula is C33H37F7O2.